The summed E-state index contributed by atoms with van der Waals surface area (Å²) in [5.74, 6) is -2.27. The van der Waals surface area contributed by atoms with E-state index in [0.29, 0.717) is 5.78 Å². The van der Waals surface area contributed by atoms with Gasteiger partial charge in [-0.05, 0) is 50.6 Å². The molecule has 1 saturated carbocycles. The van der Waals surface area contributed by atoms with Crippen molar-refractivity contribution < 1.29 is 39.5 Å². The summed E-state index contributed by atoms with van der Waals surface area (Å²) >= 11 is 0. The maximum atomic E-state index is 12.9. The molecule has 1 aromatic carbocycles. The van der Waals surface area contributed by atoms with Crippen molar-refractivity contribution in [2.75, 3.05) is 20.7 Å². The summed E-state index contributed by atoms with van der Waals surface area (Å²) in [6, 6.07) is 8.20. The van der Waals surface area contributed by atoms with E-state index in [4.69, 9.17) is 25.2 Å². The average Bonchev–Trinajstić information content (AvgIpc) is 2.70. The van der Waals surface area contributed by atoms with E-state index in [0.717, 1.165) is 43.5 Å². The van der Waals surface area contributed by atoms with Crippen molar-refractivity contribution in [3.8, 4) is 5.75 Å². The van der Waals surface area contributed by atoms with E-state index in [1.165, 1.54) is 0 Å². The number of likely N-dealkylation sites (N-methyl/N-ethyl adjacent to an activating group) is 1. The van der Waals surface area contributed by atoms with Crippen molar-refractivity contribution in [3.05, 3.63) is 29.8 Å². The predicted molar refractivity (Wildman–Crippen MR) is 102 cm³/mol. The van der Waals surface area contributed by atoms with Gasteiger partial charge in [0, 0.05) is 0 Å². The third kappa shape index (κ3) is 4.75. The van der Waals surface area contributed by atoms with E-state index in [1.54, 1.807) is 7.11 Å². The van der Waals surface area contributed by atoms with Gasteiger partial charge in [0.1, 0.15) is 5.75 Å². The number of likely N-dealkylation sites (tertiary alicyclic amines) is 1. The molecule has 1 heterocycles. The van der Waals surface area contributed by atoms with Crippen molar-refractivity contribution in [1.82, 2.24) is 4.90 Å². The van der Waals surface area contributed by atoms with Gasteiger partial charge in [0.05, 0.1) is 18.6 Å². The van der Waals surface area contributed by atoms with Gasteiger partial charge in [-0.1, -0.05) is 18.6 Å². The summed E-state index contributed by atoms with van der Waals surface area (Å²) in [7, 11) is 3.75. The Morgan fingerprint density at radius 2 is 1.79 bits per heavy atom. The molecule has 29 heavy (non-hydrogen) atoms. The van der Waals surface area contributed by atoms with Crippen LogP contribution in [0.4, 0.5) is 0 Å². The van der Waals surface area contributed by atoms with Gasteiger partial charge in [-0.3, -0.25) is 9.69 Å². The van der Waals surface area contributed by atoms with Crippen molar-refractivity contribution in [3.63, 3.8) is 0 Å². The first kappa shape index (κ1) is 22.8. The molecule has 4 N–H and O–H groups in total. The number of hydrogen-bond acceptors (Lipinski definition) is 7. The minimum absolute atomic E-state index is 0.119. The Morgan fingerprint density at radius 1 is 1.17 bits per heavy atom. The summed E-state index contributed by atoms with van der Waals surface area (Å²) in [6.45, 7) is 1.01. The van der Waals surface area contributed by atoms with E-state index < -0.39 is 24.1 Å². The SMILES string of the molecule is COc1cccc([C@@]23CCC[C@@H](C2=O)N(C)CC3)c1.O=C(O)[C@H](O)[C@@H](O)C(=O)O. The number of piperidine rings is 1. The second kappa shape index (κ2) is 9.34. The molecule has 0 aromatic heterocycles. The number of carbonyl (C=O) groups excluding carboxylic acids is 1. The maximum absolute atomic E-state index is 12.9. The normalized spacial score (nSPS) is 25.9. The molecule has 9 nitrogen and oxygen atoms in total. The summed E-state index contributed by atoms with van der Waals surface area (Å²) in [5.41, 5.74) is 0.888. The molecule has 0 unspecified atom stereocenters. The standard InChI is InChI=1S/C16H21NO2.C4H6O6/c1-17-10-9-16(8-4-7-14(17)15(16)18)12-5-3-6-13(11-12)19-2;5-1(3(7)8)2(6)4(9)10/h3,5-6,11,14H,4,7-10H2,1-2H3;1-2,5-6H,(H,7,8)(H,9,10)/t14-,16-;1-,2-/m01/s1. The molecule has 0 amide bonds. The number of rotatable bonds is 5. The number of carboxylic acids is 2. The van der Waals surface area contributed by atoms with Gasteiger partial charge in [0.2, 0.25) is 0 Å². The van der Waals surface area contributed by atoms with Crippen LogP contribution in [0.1, 0.15) is 31.2 Å². The number of aliphatic carboxylic acids is 2. The highest BCUT2D eigenvalue weighted by Crippen LogP contribution is 2.44. The van der Waals surface area contributed by atoms with Crippen LogP contribution in [0.2, 0.25) is 0 Å². The van der Waals surface area contributed by atoms with E-state index in [2.05, 4.69) is 18.0 Å². The molecule has 2 aliphatic rings. The molecule has 0 spiro atoms. The molecule has 1 aliphatic heterocycles. The van der Waals surface area contributed by atoms with Gasteiger partial charge in [-0.2, -0.15) is 0 Å². The lowest BCUT2D eigenvalue weighted by Gasteiger charge is -2.48. The minimum Gasteiger partial charge on any atom is -0.497 e. The van der Waals surface area contributed by atoms with Gasteiger partial charge in [0.15, 0.2) is 18.0 Å². The molecule has 0 radical (unpaired) electrons. The Bertz CT molecular complexity index is 749. The zero-order chi connectivity index (χ0) is 21.8. The largest absolute Gasteiger partial charge is 0.497 e. The highest BCUT2D eigenvalue weighted by Gasteiger charge is 2.50. The van der Waals surface area contributed by atoms with Crippen LogP contribution < -0.4 is 4.74 Å². The van der Waals surface area contributed by atoms with Crippen LogP contribution in [-0.2, 0) is 19.8 Å². The van der Waals surface area contributed by atoms with Crippen molar-refractivity contribution >= 4 is 17.7 Å². The van der Waals surface area contributed by atoms with Crippen LogP contribution in [0.15, 0.2) is 24.3 Å². The van der Waals surface area contributed by atoms with Crippen LogP contribution in [0.5, 0.6) is 5.75 Å². The zero-order valence-electron chi connectivity index (χ0n) is 16.4. The van der Waals surface area contributed by atoms with E-state index in [1.807, 2.05) is 18.2 Å². The van der Waals surface area contributed by atoms with Gasteiger partial charge in [-0.25, -0.2) is 9.59 Å². The van der Waals surface area contributed by atoms with Crippen molar-refractivity contribution in [1.29, 1.82) is 0 Å². The molecule has 4 atom stereocenters. The summed E-state index contributed by atoms with van der Waals surface area (Å²) in [6.07, 6.45) is -0.455. The fourth-order valence-corrected chi connectivity index (χ4v) is 3.98. The van der Waals surface area contributed by atoms with Crippen molar-refractivity contribution in [2.24, 2.45) is 0 Å². The Balaban J connectivity index is 0.000000257. The highest BCUT2D eigenvalue weighted by molar-refractivity contribution is 5.96. The average molecular weight is 409 g/mol. The number of ether oxygens (including phenoxy) is 1. The summed E-state index contributed by atoms with van der Waals surface area (Å²) in [4.78, 5) is 34.6. The number of ketones is 1. The number of fused-ring (bicyclic) bond motifs is 2. The Kier molecular flexibility index (Phi) is 7.34. The van der Waals surface area contributed by atoms with Crippen molar-refractivity contribution in [2.45, 2.75) is 49.3 Å². The van der Waals surface area contributed by atoms with Crippen LogP contribution >= 0.6 is 0 Å². The fourth-order valence-electron chi connectivity index (χ4n) is 3.98. The van der Waals surface area contributed by atoms with Crippen LogP contribution in [-0.4, -0.2) is 82.0 Å². The van der Waals surface area contributed by atoms with Crippen LogP contribution in [0.3, 0.4) is 0 Å². The maximum Gasteiger partial charge on any atom is 0.335 e. The number of Topliss-reactive ketones (excluding diaryl/α,β-unsaturated/α-hetero) is 1. The smallest absolute Gasteiger partial charge is 0.335 e. The molecule has 160 valence electrons. The number of hydrogen-bond donors (Lipinski definition) is 4. The third-order valence-corrected chi connectivity index (χ3v) is 5.71. The van der Waals surface area contributed by atoms with Crippen LogP contribution in [0.25, 0.3) is 0 Å². The van der Waals surface area contributed by atoms with E-state index in [-0.39, 0.29) is 11.5 Å². The van der Waals surface area contributed by atoms with E-state index >= 15 is 0 Å². The number of benzene rings is 1. The summed E-state index contributed by atoms with van der Waals surface area (Å²) in [5, 5.41) is 32.5. The topological polar surface area (TPSA) is 145 Å². The Morgan fingerprint density at radius 3 is 2.34 bits per heavy atom. The van der Waals surface area contributed by atoms with Gasteiger partial charge in [-0.15, -0.1) is 0 Å². The lowest BCUT2D eigenvalue weighted by Crippen LogP contribution is -2.58. The number of carbonyl (C=O) groups is 3. The van der Waals surface area contributed by atoms with E-state index in [9.17, 15) is 14.4 Å². The van der Waals surface area contributed by atoms with Gasteiger partial charge >= 0.3 is 11.9 Å². The molecule has 2 fully saturated rings. The monoisotopic (exact) mass is 409 g/mol. The molecular formula is C20H27NO8. The molecule has 1 aromatic rings. The Labute approximate surface area is 168 Å². The second-order valence-corrected chi connectivity index (χ2v) is 7.38. The molecule has 3 rings (SSSR count). The van der Waals surface area contributed by atoms with Gasteiger partial charge < -0.3 is 25.2 Å². The molecule has 1 saturated heterocycles. The zero-order valence-corrected chi connectivity index (χ0v) is 16.4. The van der Waals surface area contributed by atoms with Gasteiger partial charge in [0.25, 0.3) is 0 Å². The number of aliphatic hydroxyl groups excluding tert-OH is 2. The number of methoxy groups -OCH3 is 1. The number of carboxylic acid groups (broad SMARTS) is 2. The number of nitrogens with zero attached hydrogens (tertiary/aromatic N) is 1. The summed E-state index contributed by atoms with van der Waals surface area (Å²) < 4.78 is 5.31. The lowest BCUT2D eigenvalue weighted by molar-refractivity contribution is -0.165. The first-order valence-electron chi connectivity index (χ1n) is 9.35. The molecular weight excluding hydrogens is 382 g/mol. The fraction of sp³-hybridized carbons (Fsp3) is 0.550. The molecule has 2 bridgehead atoms. The quantitative estimate of drug-likeness (QED) is 0.538. The predicted octanol–water partition coefficient (Wildman–Crippen LogP) is 0.268. The first-order chi connectivity index (χ1) is 13.6. The van der Waals surface area contributed by atoms with Crippen LogP contribution in [0, 0.1) is 0 Å². The lowest BCUT2D eigenvalue weighted by atomic mass is 9.62. The number of aliphatic hydroxyl groups is 2. The first-order valence-corrected chi connectivity index (χ1v) is 9.35. The second-order valence-electron chi connectivity index (χ2n) is 7.38. The molecule has 1 aliphatic carbocycles. The molecule has 9 heteroatoms. The highest BCUT2D eigenvalue weighted by atomic mass is 16.5. The Hall–Kier alpha value is -2.49. The third-order valence-electron chi connectivity index (χ3n) is 5.71. The minimum atomic E-state index is -2.27.